The zero-order valence-corrected chi connectivity index (χ0v) is 14.0. The average molecular weight is 333 g/mol. The van der Waals surface area contributed by atoms with Gasteiger partial charge < -0.3 is 5.32 Å². The molecule has 0 aliphatic carbocycles. The summed E-state index contributed by atoms with van der Waals surface area (Å²) in [5, 5.41) is 3.15. The molecule has 0 aliphatic rings. The summed E-state index contributed by atoms with van der Waals surface area (Å²) in [5.74, 6) is -0.0170. The summed E-state index contributed by atoms with van der Waals surface area (Å²) in [4.78, 5) is 12.0. The van der Waals surface area contributed by atoms with Crippen molar-refractivity contribution in [3.8, 4) is 0 Å². The summed E-state index contributed by atoms with van der Waals surface area (Å²) in [6, 6.07) is 6.72. The van der Waals surface area contributed by atoms with Crippen LogP contribution in [0, 0.1) is 5.92 Å². The third-order valence-corrected chi connectivity index (χ3v) is 4.34. The number of anilines is 1. The Labute approximate surface area is 131 Å². The molecule has 0 unspecified atom stereocenters. The molecule has 0 aromatic heterocycles. The van der Waals surface area contributed by atoms with E-state index in [2.05, 4.69) is 5.32 Å². The van der Waals surface area contributed by atoms with Crippen LogP contribution in [0.3, 0.4) is 0 Å². The Bertz CT molecular complexity index is 588. The van der Waals surface area contributed by atoms with Gasteiger partial charge in [0.25, 0.3) is 0 Å². The molecular weight excluding hydrogens is 312 g/mol. The Morgan fingerprint density at radius 1 is 1.38 bits per heavy atom. The molecule has 0 radical (unpaired) electrons. The minimum atomic E-state index is -3.41. The number of nitrogens with zero attached hydrogens (tertiary/aromatic N) is 1. The van der Waals surface area contributed by atoms with E-state index >= 15 is 0 Å². The van der Waals surface area contributed by atoms with Crippen molar-refractivity contribution in [1.29, 1.82) is 0 Å². The second-order valence-corrected chi connectivity index (χ2v) is 7.76. The molecule has 1 aromatic rings. The number of sulfonamides is 1. The molecule has 0 bridgehead atoms. The maximum Gasteiger partial charge on any atom is 0.239 e. The van der Waals surface area contributed by atoms with Crippen LogP contribution in [-0.2, 0) is 14.8 Å². The number of halogens is 1. The first kappa shape index (κ1) is 17.9. The second kappa shape index (κ2) is 7.77. The van der Waals surface area contributed by atoms with Gasteiger partial charge in [0.2, 0.25) is 15.9 Å². The standard InChI is InChI=1S/C14H21ClN2O3S/c1-11(2)7-8-17(21(3,19)20)10-14(18)16-13-6-4-5-12(15)9-13/h4-6,9,11H,7-8,10H2,1-3H3,(H,16,18). The lowest BCUT2D eigenvalue weighted by Gasteiger charge is -2.20. The minimum absolute atomic E-state index is 0.196. The summed E-state index contributed by atoms with van der Waals surface area (Å²) in [7, 11) is -3.41. The van der Waals surface area contributed by atoms with Crippen molar-refractivity contribution in [2.45, 2.75) is 20.3 Å². The van der Waals surface area contributed by atoms with Gasteiger partial charge >= 0.3 is 0 Å². The zero-order chi connectivity index (χ0) is 16.0. The van der Waals surface area contributed by atoms with Crippen molar-refractivity contribution in [3.05, 3.63) is 29.3 Å². The molecule has 0 fully saturated rings. The highest BCUT2D eigenvalue weighted by molar-refractivity contribution is 7.88. The topological polar surface area (TPSA) is 66.5 Å². The molecule has 1 N–H and O–H groups in total. The van der Waals surface area contributed by atoms with E-state index in [0.29, 0.717) is 29.6 Å². The van der Waals surface area contributed by atoms with Crippen molar-refractivity contribution in [1.82, 2.24) is 4.31 Å². The molecule has 0 heterocycles. The van der Waals surface area contributed by atoms with Crippen LogP contribution in [0.15, 0.2) is 24.3 Å². The number of carbonyl (C=O) groups is 1. The van der Waals surface area contributed by atoms with Gasteiger partial charge in [0.1, 0.15) is 0 Å². The molecule has 0 saturated heterocycles. The maximum atomic E-state index is 12.0. The van der Waals surface area contributed by atoms with Gasteiger partial charge in [-0.25, -0.2) is 8.42 Å². The van der Waals surface area contributed by atoms with Gasteiger partial charge in [-0.15, -0.1) is 0 Å². The number of rotatable bonds is 7. The van der Waals surface area contributed by atoms with E-state index < -0.39 is 10.0 Å². The van der Waals surface area contributed by atoms with E-state index in [4.69, 9.17) is 11.6 Å². The van der Waals surface area contributed by atoms with Crippen LogP contribution in [0.4, 0.5) is 5.69 Å². The SMILES string of the molecule is CC(C)CCN(CC(=O)Nc1cccc(Cl)c1)S(C)(=O)=O. The molecule has 0 saturated carbocycles. The Morgan fingerprint density at radius 2 is 2.05 bits per heavy atom. The van der Waals surface area contributed by atoms with E-state index in [1.54, 1.807) is 24.3 Å². The first-order chi connectivity index (χ1) is 9.68. The molecule has 1 rings (SSSR count). The molecule has 5 nitrogen and oxygen atoms in total. The van der Waals surface area contributed by atoms with E-state index in [1.807, 2.05) is 13.8 Å². The molecule has 21 heavy (non-hydrogen) atoms. The van der Waals surface area contributed by atoms with Gasteiger partial charge in [-0.3, -0.25) is 4.79 Å². The van der Waals surface area contributed by atoms with E-state index in [9.17, 15) is 13.2 Å². The zero-order valence-electron chi connectivity index (χ0n) is 12.5. The second-order valence-electron chi connectivity index (χ2n) is 5.34. The Hall–Kier alpha value is -1.11. The summed E-state index contributed by atoms with van der Waals surface area (Å²) < 4.78 is 24.6. The Balaban J connectivity index is 2.68. The number of carbonyl (C=O) groups excluding carboxylic acids is 1. The van der Waals surface area contributed by atoms with Crippen LogP contribution in [0.1, 0.15) is 20.3 Å². The molecular formula is C14H21ClN2O3S. The monoisotopic (exact) mass is 332 g/mol. The summed E-state index contributed by atoms with van der Waals surface area (Å²) in [6.45, 7) is 4.15. The average Bonchev–Trinajstić information content (AvgIpc) is 2.32. The minimum Gasteiger partial charge on any atom is -0.325 e. The fourth-order valence-corrected chi connectivity index (χ4v) is 2.67. The molecule has 7 heteroatoms. The van der Waals surface area contributed by atoms with Gasteiger partial charge in [0.15, 0.2) is 0 Å². The van der Waals surface area contributed by atoms with Crippen molar-refractivity contribution in [3.63, 3.8) is 0 Å². The quantitative estimate of drug-likeness (QED) is 0.834. The molecule has 1 amide bonds. The molecule has 1 aromatic carbocycles. The Morgan fingerprint density at radius 3 is 2.57 bits per heavy atom. The van der Waals surface area contributed by atoms with Gasteiger partial charge in [-0.1, -0.05) is 31.5 Å². The van der Waals surface area contributed by atoms with Gasteiger partial charge in [-0.05, 0) is 30.5 Å². The summed E-state index contributed by atoms with van der Waals surface area (Å²) in [6.07, 6.45) is 1.82. The van der Waals surface area contributed by atoms with Crippen LogP contribution in [0.2, 0.25) is 5.02 Å². The van der Waals surface area contributed by atoms with Crippen LogP contribution in [0.25, 0.3) is 0 Å². The van der Waals surface area contributed by atoms with Crippen LogP contribution in [-0.4, -0.2) is 38.0 Å². The molecule has 0 spiro atoms. The fourth-order valence-electron chi connectivity index (χ4n) is 1.69. The Kier molecular flexibility index (Phi) is 6.64. The third-order valence-electron chi connectivity index (χ3n) is 2.85. The highest BCUT2D eigenvalue weighted by Crippen LogP contribution is 2.15. The van der Waals surface area contributed by atoms with Crippen LogP contribution in [0.5, 0.6) is 0 Å². The number of hydrogen-bond donors (Lipinski definition) is 1. The number of hydrogen-bond acceptors (Lipinski definition) is 3. The number of benzene rings is 1. The third kappa shape index (κ3) is 6.93. The first-order valence-electron chi connectivity index (χ1n) is 6.69. The number of nitrogens with one attached hydrogen (secondary N) is 1. The maximum absolute atomic E-state index is 12.0. The van der Waals surface area contributed by atoms with Crippen molar-refractivity contribution < 1.29 is 13.2 Å². The first-order valence-corrected chi connectivity index (χ1v) is 8.91. The molecule has 118 valence electrons. The lowest BCUT2D eigenvalue weighted by atomic mass is 10.1. The van der Waals surface area contributed by atoms with Crippen LogP contribution >= 0.6 is 11.6 Å². The highest BCUT2D eigenvalue weighted by Gasteiger charge is 2.20. The lowest BCUT2D eigenvalue weighted by Crippen LogP contribution is -2.38. The largest absolute Gasteiger partial charge is 0.325 e. The highest BCUT2D eigenvalue weighted by atomic mass is 35.5. The normalized spacial score (nSPS) is 11.9. The lowest BCUT2D eigenvalue weighted by molar-refractivity contribution is -0.116. The van der Waals surface area contributed by atoms with Gasteiger partial charge in [0, 0.05) is 17.3 Å². The van der Waals surface area contributed by atoms with Crippen LogP contribution < -0.4 is 5.32 Å². The predicted molar refractivity (Wildman–Crippen MR) is 86.0 cm³/mol. The molecule has 0 atom stereocenters. The fraction of sp³-hybridized carbons (Fsp3) is 0.500. The summed E-state index contributed by atoms with van der Waals surface area (Å²) in [5.41, 5.74) is 0.546. The van der Waals surface area contributed by atoms with Crippen molar-refractivity contribution in [2.24, 2.45) is 5.92 Å². The van der Waals surface area contributed by atoms with E-state index in [0.717, 1.165) is 6.26 Å². The van der Waals surface area contributed by atoms with E-state index in [1.165, 1.54) is 4.31 Å². The smallest absolute Gasteiger partial charge is 0.239 e. The predicted octanol–water partition coefficient (Wildman–Crippen LogP) is 2.59. The van der Waals surface area contributed by atoms with Gasteiger partial charge in [-0.2, -0.15) is 4.31 Å². The number of amides is 1. The van der Waals surface area contributed by atoms with E-state index in [-0.39, 0.29) is 12.5 Å². The molecule has 0 aliphatic heterocycles. The summed E-state index contributed by atoms with van der Waals surface area (Å²) >= 11 is 5.83. The van der Waals surface area contributed by atoms with Crippen molar-refractivity contribution >= 4 is 33.2 Å². The van der Waals surface area contributed by atoms with Gasteiger partial charge in [0.05, 0.1) is 12.8 Å². The van der Waals surface area contributed by atoms with Crippen molar-refractivity contribution in [2.75, 3.05) is 24.7 Å².